The van der Waals surface area contributed by atoms with E-state index in [-0.39, 0.29) is 5.69 Å². The number of carboxylic acids is 1. The van der Waals surface area contributed by atoms with Crippen LogP contribution in [0.5, 0.6) is 5.75 Å². The first-order valence-electron chi connectivity index (χ1n) is 6.33. The molecule has 0 amide bonds. The summed E-state index contributed by atoms with van der Waals surface area (Å²) in [5.41, 5.74) is 6.40. The highest BCUT2D eigenvalue weighted by Gasteiger charge is 2.13. The van der Waals surface area contributed by atoms with E-state index >= 15 is 0 Å². The van der Waals surface area contributed by atoms with Crippen molar-refractivity contribution in [3.8, 4) is 5.75 Å². The average molecular weight is 290 g/mol. The van der Waals surface area contributed by atoms with Gasteiger partial charge >= 0.3 is 5.97 Å². The molecule has 0 unspecified atom stereocenters. The van der Waals surface area contributed by atoms with Crippen LogP contribution in [0, 0.1) is 5.82 Å². The zero-order valence-corrected chi connectivity index (χ0v) is 11.4. The molecular formula is C15H15FN2O3. The van der Waals surface area contributed by atoms with Gasteiger partial charge in [-0.1, -0.05) is 6.07 Å². The number of aromatic carboxylic acids is 1. The predicted octanol–water partition coefficient (Wildman–Crippen LogP) is 3.25. The summed E-state index contributed by atoms with van der Waals surface area (Å²) < 4.78 is 19.0. The van der Waals surface area contributed by atoms with Gasteiger partial charge in [0.1, 0.15) is 11.6 Å². The van der Waals surface area contributed by atoms with Crippen LogP contribution >= 0.6 is 0 Å². The van der Waals surface area contributed by atoms with Gasteiger partial charge in [0.15, 0.2) is 0 Å². The maximum Gasteiger partial charge on any atom is 0.338 e. The number of halogens is 1. The summed E-state index contributed by atoms with van der Waals surface area (Å²) in [5, 5.41) is 11.8. The molecule has 5 nitrogen and oxygen atoms in total. The van der Waals surface area contributed by atoms with Crippen LogP contribution in [0.1, 0.15) is 17.3 Å². The van der Waals surface area contributed by atoms with Crippen molar-refractivity contribution in [3.05, 3.63) is 47.8 Å². The number of anilines is 3. The van der Waals surface area contributed by atoms with Crippen LogP contribution in [-0.4, -0.2) is 17.7 Å². The Labute approximate surface area is 121 Å². The Morgan fingerprint density at radius 2 is 2.14 bits per heavy atom. The summed E-state index contributed by atoms with van der Waals surface area (Å²) in [6, 6.07) is 9.24. The molecule has 0 aliphatic carbocycles. The topological polar surface area (TPSA) is 84.6 Å². The second-order valence-electron chi connectivity index (χ2n) is 4.31. The van der Waals surface area contributed by atoms with Crippen LogP contribution in [0.2, 0.25) is 0 Å². The fourth-order valence-electron chi connectivity index (χ4n) is 1.85. The molecular weight excluding hydrogens is 275 g/mol. The molecule has 21 heavy (non-hydrogen) atoms. The molecule has 0 radical (unpaired) electrons. The average Bonchev–Trinajstić information content (AvgIpc) is 2.43. The first kappa shape index (κ1) is 14.6. The second-order valence-corrected chi connectivity index (χ2v) is 4.31. The summed E-state index contributed by atoms with van der Waals surface area (Å²) in [5.74, 6) is -1.53. The summed E-state index contributed by atoms with van der Waals surface area (Å²) in [6.07, 6.45) is 0. The third-order valence-electron chi connectivity index (χ3n) is 2.79. The largest absolute Gasteiger partial charge is 0.494 e. The Balaban J connectivity index is 2.29. The summed E-state index contributed by atoms with van der Waals surface area (Å²) in [7, 11) is 0. The maximum atomic E-state index is 13.7. The van der Waals surface area contributed by atoms with E-state index in [0.717, 1.165) is 12.1 Å². The molecule has 0 aromatic heterocycles. The van der Waals surface area contributed by atoms with Crippen LogP contribution in [0.4, 0.5) is 21.5 Å². The van der Waals surface area contributed by atoms with Gasteiger partial charge in [-0.3, -0.25) is 0 Å². The van der Waals surface area contributed by atoms with Crippen LogP contribution in [0.25, 0.3) is 0 Å². The molecule has 0 saturated carbocycles. The smallest absolute Gasteiger partial charge is 0.338 e. The van der Waals surface area contributed by atoms with Crippen LogP contribution in [0.15, 0.2) is 36.4 Å². The zero-order valence-electron chi connectivity index (χ0n) is 11.4. The molecule has 2 rings (SSSR count). The van der Waals surface area contributed by atoms with Gasteiger partial charge in [0.25, 0.3) is 0 Å². The van der Waals surface area contributed by atoms with E-state index < -0.39 is 17.3 Å². The van der Waals surface area contributed by atoms with Crippen molar-refractivity contribution in [2.24, 2.45) is 0 Å². The van der Waals surface area contributed by atoms with Crippen molar-refractivity contribution in [2.45, 2.75) is 6.92 Å². The lowest BCUT2D eigenvalue weighted by atomic mass is 10.1. The van der Waals surface area contributed by atoms with Crippen molar-refractivity contribution in [1.82, 2.24) is 0 Å². The Morgan fingerprint density at radius 3 is 2.81 bits per heavy atom. The molecule has 0 fully saturated rings. The van der Waals surface area contributed by atoms with Gasteiger partial charge < -0.3 is 20.9 Å². The predicted molar refractivity (Wildman–Crippen MR) is 78.7 cm³/mol. The van der Waals surface area contributed by atoms with E-state index in [0.29, 0.717) is 23.7 Å². The third kappa shape index (κ3) is 3.42. The molecule has 6 heteroatoms. The highest BCUT2D eigenvalue weighted by atomic mass is 19.1. The number of ether oxygens (including phenoxy) is 1. The summed E-state index contributed by atoms with van der Waals surface area (Å²) >= 11 is 0. The molecule has 0 spiro atoms. The Hall–Kier alpha value is -2.76. The Morgan fingerprint density at radius 1 is 1.38 bits per heavy atom. The maximum absolute atomic E-state index is 13.7. The lowest BCUT2D eigenvalue weighted by molar-refractivity contribution is 0.0692. The van der Waals surface area contributed by atoms with Crippen molar-refractivity contribution >= 4 is 23.0 Å². The van der Waals surface area contributed by atoms with Gasteiger partial charge in [0.2, 0.25) is 0 Å². The molecule has 0 saturated heterocycles. The number of carbonyl (C=O) groups is 1. The molecule has 2 aromatic rings. The molecule has 0 heterocycles. The van der Waals surface area contributed by atoms with Gasteiger partial charge in [-0.2, -0.15) is 0 Å². The molecule has 110 valence electrons. The minimum Gasteiger partial charge on any atom is -0.494 e. The van der Waals surface area contributed by atoms with Gasteiger partial charge in [0.05, 0.1) is 23.5 Å². The van der Waals surface area contributed by atoms with E-state index in [1.54, 1.807) is 24.3 Å². The number of carboxylic acid groups (broad SMARTS) is 1. The fraction of sp³-hybridized carbons (Fsp3) is 0.133. The SMILES string of the molecule is CCOc1cccc(Nc2cc(F)c(C(=O)O)cc2N)c1. The van der Waals surface area contributed by atoms with Gasteiger partial charge in [-0.15, -0.1) is 0 Å². The van der Waals surface area contributed by atoms with E-state index in [4.69, 9.17) is 15.6 Å². The van der Waals surface area contributed by atoms with E-state index in [9.17, 15) is 9.18 Å². The molecule has 0 aliphatic heterocycles. The van der Waals surface area contributed by atoms with Crippen molar-refractivity contribution in [1.29, 1.82) is 0 Å². The molecule has 4 N–H and O–H groups in total. The van der Waals surface area contributed by atoms with Crippen molar-refractivity contribution < 1.29 is 19.0 Å². The third-order valence-corrected chi connectivity index (χ3v) is 2.79. The standard InChI is InChI=1S/C15H15FN2O3/c1-2-21-10-5-3-4-9(6-10)18-14-8-12(16)11(15(19)20)7-13(14)17/h3-8,18H,2,17H2,1H3,(H,19,20). The molecule has 2 aromatic carbocycles. The van der Waals surface area contributed by atoms with E-state index in [1.165, 1.54) is 0 Å². The lowest BCUT2D eigenvalue weighted by Gasteiger charge is -2.12. The highest BCUT2D eigenvalue weighted by Crippen LogP contribution is 2.28. The quantitative estimate of drug-likeness (QED) is 0.736. The minimum atomic E-state index is -1.36. The molecule has 0 atom stereocenters. The summed E-state index contributed by atoms with van der Waals surface area (Å²) in [6.45, 7) is 2.41. The highest BCUT2D eigenvalue weighted by molar-refractivity contribution is 5.91. The number of benzene rings is 2. The molecule has 0 aliphatic rings. The number of nitrogens with one attached hydrogen (secondary N) is 1. The van der Waals surface area contributed by atoms with E-state index in [2.05, 4.69) is 5.32 Å². The number of hydrogen-bond donors (Lipinski definition) is 3. The normalized spacial score (nSPS) is 10.2. The molecule has 0 bridgehead atoms. The second kappa shape index (κ2) is 6.13. The van der Waals surface area contributed by atoms with Gasteiger partial charge in [-0.25, -0.2) is 9.18 Å². The monoisotopic (exact) mass is 290 g/mol. The summed E-state index contributed by atoms with van der Waals surface area (Å²) in [4.78, 5) is 10.8. The van der Waals surface area contributed by atoms with Crippen molar-refractivity contribution in [3.63, 3.8) is 0 Å². The number of nitrogen functional groups attached to an aromatic ring is 1. The van der Waals surface area contributed by atoms with Crippen LogP contribution in [0.3, 0.4) is 0 Å². The number of hydrogen-bond acceptors (Lipinski definition) is 4. The zero-order chi connectivity index (χ0) is 15.4. The Kier molecular flexibility index (Phi) is 4.27. The Bertz CT molecular complexity index is 674. The first-order valence-corrected chi connectivity index (χ1v) is 6.33. The van der Waals surface area contributed by atoms with Crippen molar-refractivity contribution in [2.75, 3.05) is 17.7 Å². The number of rotatable bonds is 5. The fourth-order valence-corrected chi connectivity index (χ4v) is 1.85. The first-order chi connectivity index (χ1) is 10.0. The van der Waals surface area contributed by atoms with E-state index in [1.807, 2.05) is 6.92 Å². The van der Waals surface area contributed by atoms with Gasteiger partial charge in [0, 0.05) is 17.8 Å². The minimum absolute atomic E-state index is 0.149. The lowest BCUT2D eigenvalue weighted by Crippen LogP contribution is -2.05. The van der Waals surface area contributed by atoms with Gasteiger partial charge in [-0.05, 0) is 25.1 Å². The van der Waals surface area contributed by atoms with Crippen LogP contribution in [-0.2, 0) is 0 Å². The number of nitrogens with two attached hydrogens (primary N) is 1. The van der Waals surface area contributed by atoms with Crippen LogP contribution < -0.4 is 15.8 Å².